The van der Waals surface area contributed by atoms with Crippen molar-refractivity contribution in [3.8, 4) is 11.5 Å². The fourth-order valence-electron chi connectivity index (χ4n) is 4.81. The Bertz CT molecular complexity index is 1120. The van der Waals surface area contributed by atoms with Crippen LogP contribution in [0.4, 0.5) is 5.82 Å². The molecule has 1 N–H and O–H groups in total. The molecule has 1 unspecified atom stereocenters. The summed E-state index contributed by atoms with van der Waals surface area (Å²) in [6.07, 6.45) is 6.27. The molecule has 3 aliphatic heterocycles. The van der Waals surface area contributed by atoms with Crippen molar-refractivity contribution >= 4 is 29.0 Å². The van der Waals surface area contributed by atoms with Gasteiger partial charge in [-0.15, -0.1) is 0 Å². The molecular formula is C22H25Cl2N5O. The molecule has 1 aliphatic carbocycles. The number of imidazole rings is 1. The molecule has 1 fully saturated rings. The van der Waals surface area contributed by atoms with Crippen LogP contribution >= 0.6 is 23.2 Å². The van der Waals surface area contributed by atoms with Crippen molar-refractivity contribution in [1.29, 1.82) is 0 Å². The van der Waals surface area contributed by atoms with Gasteiger partial charge < -0.3 is 5.32 Å². The molecule has 0 saturated heterocycles. The van der Waals surface area contributed by atoms with Crippen LogP contribution in [0.5, 0.6) is 0 Å². The number of halogens is 2. The maximum absolute atomic E-state index is 13.3. The van der Waals surface area contributed by atoms with Gasteiger partial charge in [0.15, 0.2) is 5.82 Å². The van der Waals surface area contributed by atoms with Gasteiger partial charge in [-0.3, -0.25) is 9.13 Å². The van der Waals surface area contributed by atoms with E-state index in [1.54, 1.807) is 10.6 Å². The molecule has 8 heteroatoms. The molecule has 1 saturated carbocycles. The molecule has 158 valence electrons. The Labute approximate surface area is 185 Å². The van der Waals surface area contributed by atoms with E-state index >= 15 is 0 Å². The molecule has 3 heterocycles. The Balaban J connectivity index is 1.54. The highest BCUT2D eigenvalue weighted by molar-refractivity contribution is 6.33. The van der Waals surface area contributed by atoms with Crippen LogP contribution in [0.15, 0.2) is 23.0 Å². The van der Waals surface area contributed by atoms with Gasteiger partial charge in [0.05, 0.1) is 0 Å². The Morgan fingerprint density at radius 3 is 2.77 bits per heavy atom. The van der Waals surface area contributed by atoms with E-state index in [-0.39, 0.29) is 11.7 Å². The van der Waals surface area contributed by atoms with Crippen molar-refractivity contribution in [1.82, 2.24) is 19.1 Å². The highest BCUT2D eigenvalue weighted by Crippen LogP contribution is 2.37. The maximum atomic E-state index is 13.3. The third-order valence-electron chi connectivity index (χ3n) is 6.26. The highest BCUT2D eigenvalue weighted by atomic mass is 35.5. The Morgan fingerprint density at radius 2 is 2.00 bits per heavy atom. The summed E-state index contributed by atoms with van der Waals surface area (Å²) in [5.74, 6) is 2.79. The number of aromatic nitrogens is 4. The second-order valence-corrected chi connectivity index (χ2v) is 9.25. The van der Waals surface area contributed by atoms with Crippen LogP contribution in [0.25, 0.3) is 11.5 Å². The molecule has 6 nitrogen and oxygen atoms in total. The van der Waals surface area contributed by atoms with E-state index in [0.717, 1.165) is 42.2 Å². The van der Waals surface area contributed by atoms with E-state index in [1.807, 2.05) is 16.7 Å². The lowest BCUT2D eigenvalue weighted by atomic mass is 10.1. The molecule has 1 atom stereocenters. The van der Waals surface area contributed by atoms with E-state index < -0.39 is 0 Å². The zero-order valence-electron chi connectivity index (χ0n) is 17.0. The third kappa shape index (κ3) is 3.40. The zero-order chi connectivity index (χ0) is 20.8. The lowest BCUT2D eigenvalue weighted by molar-refractivity contribution is 0.560. The van der Waals surface area contributed by atoms with Crippen LogP contribution in [0.1, 0.15) is 56.3 Å². The van der Waals surface area contributed by atoms with Crippen LogP contribution in [-0.4, -0.2) is 25.1 Å². The second kappa shape index (κ2) is 7.89. The summed E-state index contributed by atoms with van der Waals surface area (Å²) in [6, 6.07) is 5.54. The lowest BCUT2D eigenvalue weighted by Crippen LogP contribution is -2.32. The van der Waals surface area contributed by atoms with Gasteiger partial charge in [-0.2, -0.15) is 0 Å². The van der Waals surface area contributed by atoms with Crippen LogP contribution in [-0.2, 0) is 19.5 Å². The smallest absolute Gasteiger partial charge is 0.331 e. The first-order valence-electron chi connectivity index (χ1n) is 10.8. The second-order valence-electron chi connectivity index (χ2n) is 8.41. The molecule has 1 aromatic carbocycles. The first-order chi connectivity index (χ1) is 14.5. The number of hydrogen-bond acceptors (Lipinski definition) is 4. The summed E-state index contributed by atoms with van der Waals surface area (Å²) in [6.45, 7) is 3.29. The van der Waals surface area contributed by atoms with E-state index in [2.05, 4.69) is 12.2 Å². The highest BCUT2D eigenvalue weighted by Gasteiger charge is 2.33. The van der Waals surface area contributed by atoms with E-state index in [4.69, 9.17) is 33.2 Å². The summed E-state index contributed by atoms with van der Waals surface area (Å²) in [5, 5.41) is 4.88. The van der Waals surface area contributed by atoms with Gasteiger partial charge in [0.25, 0.3) is 0 Å². The van der Waals surface area contributed by atoms with Gasteiger partial charge >= 0.3 is 5.69 Å². The third-order valence-corrected chi connectivity index (χ3v) is 6.86. The largest absolute Gasteiger partial charge is 0.365 e. The van der Waals surface area contributed by atoms with Gasteiger partial charge in [-0.25, -0.2) is 14.8 Å². The molecule has 0 aromatic heterocycles. The summed E-state index contributed by atoms with van der Waals surface area (Å²) in [7, 11) is 0. The number of fused-ring (bicyclic) bond motifs is 3. The fourth-order valence-corrected chi connectivity index (χ4v) is 5.19. The van der Waals surface area contributed by atoms with E-state index in [1.165, 1.54) is 12.8 Å². The minimum Gasteiger partial charge on any atom is -0.365 e. The number of benzene rings is 1. The lowest BCUT2D eigenvalue weighted by Gasteiger charge is -2.13. The number of rotatable bonds is 5. The van der Waals surface area contributed by atoms with Crippen molar-refractivity contribution < 1.29 is 0 Å². The van der Waals surface area contributed by atoms with Gasteiger partial charge in [0.1, 0.15) is 17.3 Å². The monoisotopic (exact) mass is 445 g/mol. The first kappa shape index (κ1) is 19.9. The summed E-state index contributed by atoms with van der Waals surface area (Å²) < 4.78 is 3.61. The van der Waals surface area contributed by atoms with Gasteiger partial charge in [-0.05, 0) is 49.4 Å². The average molecular weight is 446 g/mol. The van der Waals surface area contributed by atoms with Crippen molar-refractivity contribution in [2.75, 3.05) is 5.32 Å². The average Bonchev–Trinajstić information content (AvgIpc) is 3.46. The maximum Gasteiger partial charge on any atom is 0.331 e. The summed E-state index contributed by atoms with van der Waals surface area (Å²) >= 11 is 12.5. The molecule has 5 rings (SSSR count). The van der Waals surface area contributed by atoms with Crippen molar-refractivity contribution in [2.45, 2.75) is 70.5 Å². The zero-order valence-corrected chi connectivity index (χ0v) is 18.5. The van der Waals surface area contributed by atoms with Crippen LogP contribution < -0.4 is 11.0 Å². The molecule has 0 bridgehead atoms. The molecule has 1 aromatic rings. The summed E-state index contributed by atoms with van der Waals surface area (Å²) in [4.78, 5) is 23.1. The quantitative estimate of drug-likeness (QED) is 0.602. The molecular weight excluding hydrogens is 421 g/mol. The van der Waals surface area contributed by atoms with Gasteiger partial charge in [0, 0.05) is 35.1 Å². The van der Waals surface area contributed by atoms with Gasteiger partial charge in [0.2, 0.25) is 0 Å². The molecule has 0 radical (unpaired) electrons. The Morgan fingerprint density at radius 1 is 1.20 bits per heavy atom. The van der Waals surface area contributed by atoms with Crippen LogP contribution in [0.3, 0.4) is 0 Å². The minimum atomic E-state index is -0.0237. The van der Waals surface area contributed by atoms with Crippen molar-refractivity contribution in [3.05, 3.63) is 50.1 Å². The van der Waals surface area contributed by atoms with E-state index in [9.17, 15) is 4.79 Å². The normalized spacial score (nSPS) is 18.8. The number of anilines is 1. The van der Waals surface area contributed by atoms with E-state index in [0.29, 0.717) is 41.3 Å². The topological polar surface area (TPSA) is 64.7 Å². The van der Waals surface area contributed by atoms with Crippen LogP contribution in [0.2, 0.25) is 10.0 Å². The van der Waals surface area contributed by atoms with Gasteiger partial charge in [-0.1, -0.05) is 43.0 Å². The molecule has 0 amide bonds. The Kier molecular flexibility index (Phi) is 5.23. The molecule has 0 spiro atoms. The number of hydrogen-bond donors (Lipinski definition) is 1. The van der Waals surface area contributed by atoms with Crippen LogP contribution in [0, 0.1) is 0 Å². The van der Waals surface area contributed by atoms with Crippen molar-refractivity contribution in [2.24, 2.45) is 0 Å². The fraction of sp³-hybridized carbons (Fsp3) is 0.500. The molecule has 30 heavy (non-hydrogen) atoms. The SMILES string of the molecule is CCCn1c2nc(C3CCCC3)nc-2c2n(c1=O)CC(Cc1cc(Cl)ccc1Cl)N2. The standard InChI is InChI=1S/C22H25Cl2N5O/c1-2-9-28-21-18(26-19(27-21)13-5-3-4-6-13)20-25-16(12-29(20)22(28)30)11-14-10-15(23)7-8-17(14)24/h7-8,10,13,16,25H,2-6,9,11-12H2,1H3. The first-order valence-corrected chi connectivity index (χ1v) is 11.5. The summed E-state index contributed by atoms with van der Waals surface area (Å²) in [5.41, 5.74) is 1.76. The molecule has 4 aliphatic rings. The Hall–Kier alpha value is -2.05. The predicted molar refractivity (Wildman–Crippen MR) is 120 cm³/mol. The minimum absolute atomic E-state index is 0.0237. The predicted octanol–water partition coefficient (Wildman–Crippen LogP) is 4.96. The van der Waals surface area contributed by atoms with Crippen molar-refractivity contribution in [3.63, 3.8) is 0 Å². The number of nitrogens with one attached hydrogen (secondary N) is 1. The number of nitrogens with zero attached hydrogens (tertiary/aromatic N) is 4.